The van der Waals surface area contributed by atoms with Crippen LogP contribution in [0.2, 0.25) is 5.02 Å². The maximum atomic E-state index is 13.3. The van der Waals surface area contributed by atoms with Crippen molar-refractivity contribution < 1.29 is 27.8 Å². The Labute approximate surface area is 171 Å². The molecule has 2 rings (SSSR count). The van der Waals surface area contributed by atoms with Gasteiger partial charge in [0.05, 0.1) is 5.02 Å². The first-order chi connectivity index (χ1) is 13.8. The minimum atomic E-state index is -0.647. The van der Waals surface area contributed by atoms with E-state index in [1.54, 1.807) is 0 Å². The molecule has 0 bridgehead atoms. The summed E-state index contributed by atoms with van der Waals surface area (Å²) in [6.07, 6.45) is 0.285. The molecule has 2 aromatic rings. The molecule has 0 heterocycles. The number of rotatable bonds is 10. The number of carbonyl (C=O) groups is 2. The molecule has 0 unspecified atom stereocenters. The van der Waals surface area contributed by atoms with Gasteiger partial charge >= 0.3 is 0 Å². The zero-order valence-electron chi connectivity index (χ0n) is 15.3. The number of amides is 2. The van der Waals surface area contributed by atoms with Gasteiger partial charge in [0.15, 0.2) is 13.2 Å². The van der Waals surface area contributed by atoms with E-state index in [1.807, 2.05) is 0 Å². The van der Waals surface area contributed by atoms with Crippen molar-refractivity contribution in [3.05, 3.63) is 71.4 Å². The number of hydrogen-bond donors (Lipinski definition) is 2. The first-order valence-electron chi connectivity index (χ1n) is 8.54. The normalized spacial score (nSPS) is 10.2. The van der Waals surface area contributed by atoms with Crippen molar-refractivity contribution >= 4 is 23.4 Å². The number of carbonyl (C=O) groups excluding carboxylic acids is 2. The third-order valence-corrected chi connectivity index (χ3v) is 3.80. The van der Waals surface area contributed by atoms with Crippen molar-refractivity contribution in [1.29, 1.82) is 0 Å². The van der Waals surface area contributed by atoms with Crippen LogP contribution in [0.15, 0.2) is 54.7 Å². The highest BCUT2D eigenvalue weighted by atomic mass is 35.5. The van der Waals surface area contributed by atoms with E-state index in [2.05, 4.69) is 17.2 Å². The molecule has 29 heavy (non-hydrogen) atoms. The number of halogens is 3. The molecule has 154 valence electrons. The van der Waals surface area contributed by atoms with Gasteiger partial charge in [0, 0.05) is 30.8 Å². The Bertz CT molecular complexity index is 893. The summed E-state index contributed by atoms with van der Waals surface area (Å²) in [5, 5.41) is 5.05. The molecule has 2 N–H and O–H groups in total. The molecule has 0 atom stereocenters. The summed E-state index contributed by atoms with van der Waals surface area (Å²) in [7, 11) is 0. The van der Waals surface area contributed by atoms with Crippen LogP contribution in [0.25, 0.3) is 0 Å². The fraction of sp³-hybridized carbons (Fsp3) is 0.200. The van der Waals surface area contributed by atoms with E-state index in [4.69, 9.17) is 21.1 Å². The van der Waals surface area contributed by atoms with Crippen molar-refractivity contribution in [3.63, 3.8) is 0 Å². The van der Waals surface area contributed by atoms with Crippen LogP contribution in [0.3, 0.4) is 0 Å². The summed E-state index contributed by atoms with van der Waals surface area (Å²) in [6, 6.07) is 9.29. The Morgan fingerprint density at radius 1 is 1.00 bits per heavy atom. The molecule has 0 aliphatic carbocycles. The average Bonchev–Trinajstić information content (AvgIpc) is 2.67. The average molecular weight is 425 g/mol. The Hall–Kier alpha value is -3.13. The highest BCUT2D eigenvalue weighted by Gasteiger charge is 2.08. The monoisotopic (exact) mass is 424 g/mol. The van der Waals surface area contributed by atoms with Gasteiger partial charge in [-0.3, -0.25) is 9.59 Å². The number of hydrogen-bond acceptors (Lipinski definition) is 4. The maximum Gasteiger partial charge on any atom is 0.262 e. The van der Waals surface area contributed by atoms with Gasteiger partial charge in [0.2, 0.25) is 0 Å². The number of nitrogens with one attached hydrogen (secondary N) is 2. The minimum absolute atomic E-state index is 0.0430. The molecule has 0 saturated heterocycles. The van der Waals surface area contributed by atoms with Crippen LogP contribution in [0.1, 0.15) is 6.42 Å². The molecular formula is C20H19ClF2N2O4. The van der Waals surface area contributed by atoms with Crippen LogP contribution in [-0.2, 0) is 9.59 Å². The van der Waals surface area contributed by atoms with Crippen molar-refractivity contribution in [3.8, 4) is 11.5 Å². The van der Waals surface area contributed by atoms with E-state index in [0.29, 0.717) is 5.70 Å². The second-order valence-electron chi connectivity index (χ2n) is 5.86. The molecular weight excluding hydrogens is 406 g/mol. The molecule has 2 amide bonds. The van der Waals surface area contributed by atoms with Crippen molar-refractivity contribution in [2.24, 2.45) is 0 Å². The fourth-order valence-electron chi connectivity index (χ4n) is 2.12. The Kier molecular flexibility index (Phi) is 8.42. The summed E-state index contributed by atoms with van der Waals surface area (Å²) in [4.78, 5) is 23.5. The zero-order chi connectivity index (χ0) is 21.2. The molecule has 0 saturated carbocycles. The first kappa shape index (κ1) is 22.2. The summed E-state index contributed by atoms with van der Waals surface area (Å²) in [5.74, 6) is -1.57. The zero-order valence-corrected chi connectivity index (χ0v) is 16.1. The molecule has 0 aliphatic heterocycles. The molecule has 0 radical (unpaired) electrons. The topological polar surface area (TPSA) is 76.7 Å². The Balaban J connectivity index is 1.61. The Morgan fingerprint density at radius 2 is 1.69 bits per heavy atom. The van der Waals surface area contributed by atoms with Crippen LogP contribution >= 0.6 is 11.6 Å². The van der Waals surface area contributed by atoms with Crippen LogP contribution < -0.4 is 20.1 Å². The standard InChI is InChI=1S/C20H19ClF2N2O4/c1-13(25-20(27)12-29-16-5-6-17(21)18(23)10-16)7-8-24-19(26)11-28-15-4-2-3-14(22)9-15/h2-6,9-10H,1,7-8,11-12H2,(H,24,26)(H,25,27). The van der Waals surface area contributed by atoms with E-state index in [1.165, 1.54) is 36.4 Å². The van der Waals surface area contributed by atoms with Gasteiger partial charge < -0.3 is 20.1 Å². The molecule has 6 nitrogen and oxygen atoms in total. The second kappa shape index (κ2) is 11.0. The van der Waals surface area contributed by atoms with Gasteiger partial charge in [-0.05, 0) is 24.3 Å². The third-order valence-electron chi connectivity index (χ3n) is 3.49. The lowest BCUT2D eigenvalue weighted by Crippen LogP contribution is -2.32. The molecule has 0 aliphatic rings. The smallest absolute Gasteiger partial charge is 0.262 e. The quantitative estimate of drug-likeness (QED) is 0.614. The summed E-state index contributed by atoms with van der Waals surface area (Å²) in [5.41, 5.74) is 0.368. The van der Waals surface area contributed by atoms with E-state index in [0.717, 1.165) is 6.07 Å². The molecule has 0 fully saturated rings. The van der Waals surface area contributed by atoms with Gasteiger partial charge in [0.25, 0.3) is 11.8 Å². The van der Waals surface area contributed by atoms with E-state index in [-0.39, 0.29) is 42.7 Å². The van der Waals surface area contributed by atoms with Crippen molar-refractivity contribution in [2.45, 2.75) is 6.42 Å². The second-order valence-corrected chi connectivity index (χ2v) is 6.27. The van der Waals surface area contributed by atoms with Crippen molar-refractivity contribution in [2.75, 3.05) is 19.8 Å². The molecule has 0 aromatic heterocycles. The van der Waals surface area contributed by atoms with E-state index < -0.39 is 23.4 Å². The highest BCUT2D eigenvalue weighted by Crippen LogP contribution is 2.20. The van der Waals surface area contributed by atoms with Gasteiger partial charge in [-0.2, -0.15) is 0 Å². The fourth-order valence-corrected chi connectivity index (χ4v) is 2.24. The number of ether oxygens (including phenoxy) is 2. The van der Waals surface area contributed by atoms with Gasteiger partial charge in [-0.15, -0.1) is 0 Å². The molecule has 2 aromatic carbocycles. The lowest BCUT2D eigenvalue weighted by molar-refractivity contribution is -0.123. The van der Waals surface area contributed by atoms with Crippen LogP contribution in [-0.4, -0.2) is 31.6 Å². The molecule has 9 heteroatoms. The lowest BCUT2D eigenvalue weighted by Gasteiger charge is -2.11. The summed E-state index contributed by atoms with van der Waals surface area (Å²) < 4.78 is 36.6. The minimum Gasteiger partial charge on any atom is -0.484 e. The highest BCUT2D eigenvalue weighted by molar-refractivity contribution is 6.30. The Morgan fingerprint density at radius 3 is 2.38 bits per heavy atom. The lowest BCUT2D eigenvalue weighted by atomic mass is 10.3. The van der Waals surface area contributed by atoms with Gasteiger partial charge in [-0.25, -0.2) is 8.78 Å². The molecule has 0 spiro atoms. The van der Waals surface area contributed by atoms with Gasteiger partial charge in [0.1, 0.15) is 23.1 Å². The van der Waals surface area contributed by atoms with E-state index >= 15 is 0 Å². The summed E-state index contributed by atoms with van der Waals surface area (Å²) in [6.45, 7) is 3.29. The SMILES string of the molecule is C=C(CCNC(=O)COc1cccc(F)c1)NC(=O)COc1ccc(Cl)c(F)c1. The predicted molar refractivity (Wildman–Crippen MR) is 104 cm³/mol. The first-order valence-corrected chi connectivity index (χ1v) is 8.92. The maximum absolute atomic E-state index is 13.3. The number of benzene rings is 2. The van der Waals surface area contributed by atoms with E-state index in [9.17, 15) is 18.4 Å². The predicted octanol–water partition coefficient (Wildman–Crippen LogP) is 3.21. The van der Waals surface area contributed by atoms with Crippen LogP contribution in [0, 0.1) is 11.6 Å². The van der Waals surface area contributed by atoms with Gasteiger partial charge in [-0.1, -0.05) is 24.2 Å². The van der Waals surface area contributed by atoms with Crippen molar-refractivity contribution in [1.82, 2.24) is 10.6 Å². The summed E-state index contributed by atoms with van der Waals surface area (Å²) >= 11 is 5.57. The largest absolute Gasteiger partial charge is 0.484 e. The third kappa shape index (κ3) is 8.18. The van der Waals surface area contributed by atoms with Crippen LogP contribution in [0.5, 0.6) is 11.5 Å². The van der Waals surface area contributed by atoms with Crippen LogP contribution in [0.4, 0.5) is 8.78 Å².